The van der Waals surface area contributed by atoms with Crippen molar-refractivity contribution in [2.45, 2.75) is 13.0 Å². The number of rotatable bonds is 6. The van der Waals surface area contributed by atoms with Gasteiger partial charge in [-0.1, -0.05) is 12.1 Å². The third-order valence-corrected chi connectivity index (χ3v) is 4.93. The molecule has 2 aromatic rings. The highest BCUT2D eigenvalue weighted by atomic mass is 16.5. The molecule has 0 aromatic heterocycles. The predicted octanol–water partition coefficient (Wildman–Crippen LogP) is 3.12. The molecule has 146 valence electrons. The molecule has 28 heavy (non-hydrogen) atoms. The maximum Gasteiger partial charge on any atom is 0.253 e. The first kappa shape index (κ1) is 19.7. The number of hydrogen-bond acceptors (Lipinski definition) is 5. The Morgan fingerprint density at radius 2 is 1.64 bits per heavy atom. The third kappa shape index (κ3) is 4.44. The van der Waals surface area contributed by atoms with Crippen LogP contribution >= 0.6 is 0 Å². The lowest BCUT2D eigenvalue weighted by atomic mass is 10.1. The molecular formula is C22H25N3O3. The second kappa shape index (κ2) is 9.25. The lowest BCUT2D eigenvalue weighted by Crippen LogP contribution is -2.49. The summed E-state index contributed by atoms with van der Waals surface area (Å²) in [6.45, 7) is 5.07. The van der Waals surface area contributed by atoms with Crippen molar-refractivity contribution in [2.75, 3.05) is 39.9 Å². The van der Waals surface area contributed by atoms with Crippen molar-refractivity contribution in [3.63, 3.8) is 0 Å². The maximum atomic E-state index is 12.7. The Morgan fingerprint density at radius 1 is 1.04 bits per heavy atom. The molecule has 0 N–H and O–H groups in total. The van der Waals surface area contributed by atoms with E-state index in [0.717, 1.165) is 17.1 Å². The molecule has 1 heterocycles. The standard InChI is InChI=1S/C22H25N3O3/c1-3-28-20-10-4-17(5-11-20)21(16-23)24-12-14-25(15-13-24)22(26)18-6-8-19(27-2)9-7-18/h4-11,21H,3,12-15H2,1-2H3. The summed E-state index contributed by atoms with van der Waals surface area (Å²) in [5, 5.41) is 9.69. The minimum absolute atomic E-state index is 0.0110. The van der Waals surface area contributed by atoms with Gasteiger partial charge in [-0.15, -0.1) is 0 Å². The third-order valence-electron chi connectivity index (χ3n) is 4.93. The van der Waals surface area contributed by atoms with Gasteiger partial charge in [0.1, 0.15) is 17.5 Å². The number of amides is 1. The zero-order valence-corrected chi connectivity index (χ0v) is 16.3. The molecule has 1 amide bonds. The van der Waals surface area contributed by atoms with E-state index in [1.165, 1.54) is 0 Å². The van der Waals surface area contributed by atoms with Crippen molar-refractivity contribution in [2.24, 2.45) is 0 Å². The first-order valence-electron chi connectivity index (χ1n) is 9.46. The fraction of sp³-hybridized carbons (Fsp3) is 0.364. The number of nitriles is 1. The molecular weight excluding hydrogens is 354 g/mol. The molecule has 6 heteroatoms. The van der Waals surface area contributed by atoms with Gasteiger partial charge in [0.05, 0.1) is 19.8 Å². The van der Waals surface area contributed by atoms with Crippen molar-refractivity contribution < 1.29 is 14.3 Å². The second-order valence-corrected chi connectivity index (χ2v) is 6.59. The van der Waals surface area contributed by atoms with Crippen LogP contribution in [0.5, 0.6) is 11.5 Å². The average Bonchev–Trinajstić information content (AvgIpc) is 2.76. The van der Waals surface area contributed by atoms with Gasteiger partial charge in [0.2, 0.25) is 0 Å². The summed E-state index contributed by atoms with van der Waals surface area (Å²) >= 11 is 0. The lowest BCUT2D eigenvalue weighted by molar-refractivity contribution is 0.0606. The predicted molar refractivity (Wildman–Crippen MR) is 106 cm³/mol. The molecule has 0 aliphatic carbocycles. The van der Waals surface area contributed by atoms with Crippen LogP contribution in [0.15, 0.2) is 48.5 Å². The smallest absolute Gasteiger partial charge is 0.253 e. The molecule has 1 unspecified atom stereocenters. The summed E-state index contributed by atoms with van der Waals surface area (Å²) in [4.78, 5) is 16.7. The SMILES string of the molecule is CCOc1ccc(C(C#N)N2CCN(C(=O)c3ccc(OC)cc3)CC2)cc1. The molecule has 6 nitrogen and oxygen atoms in total. The largest absolute Gasteiger partial charge is 0.497 e. The van der Waals surface area contributed by atoms with Gasteiger partial charge in [-0.2, -0.15) is 5.26 Å². The van der Waals surface area contributed by atoms with Crippen LogP contribution in [-0.4, -0.2) is 55.6 Å². The van der Waals surface area contributed by atoms with Gasteiger partial charge in [0.25, 0.3) is 5.91 Å². The Hall–Kier alpha value is -3.04. The molecule has 1 atom stereocenters. The molecule has 1 aliphatic heterocycles. The Morgan fingerprint density at radius 3 is 2.18 bits per heavy atom. The fourth-order valence-corrected chi connectivity index (χ4v) is 3.38. The number of ether oxygens (including phenoxy) is 2. The van der Waals surface area contributed by atoms with Crippen LogP contribution in [0.25, 0.3) is 0 Å². The number of piperazine rings is 1. The molecule has 3 rings (SSSR count). The minimum Gasteiger partial charge on any atom is -0.497 e. The van der Waals surface area contributed by atoms with Crippen LogP contribution in [0, 0.1) is 11.3 Å². The highest BCUT2D eigenvalue weighted by Crippen LogP contribution is 2.24. The Balaban J connectivity index is 1.61. The lowest BCUT2D eigenvalue weighted by Gasteiger charge is -2.37. The highest BCUT2D eigenvalue weighted by molar-refractivity contribution is 5.94. The van der Waals surface area contributed by atoms with Gasteiger partial charge in [0, 0.05) is 31.7 Å². The second-order valence-electron chi connectivity index (χ2n) is 6.59. The van der Waals surface area contributed by atoms with Crippen LogP contribution in [0.4, 0.5) is 0 Å². The molecule has 1 fully saturated rings. The normalized spacial score (nSPS) is 15.5. The number of benzene rings is 2. The fourth-order valence-electron chi connectivity index (χ4n) is 3.38. The van der Waals surface area contributed by atoms with E-state index in [1.54, 1.807) is 31.4 Å². The highest BCUT2D eigenvalue weighted by Gasteiger charge is 2.27. The van der Waals surface area contributed by atoms with E-state index in [9.17, 15) is 10.1 Å². The zero-order chi connectivity index (χ0) is 19.9. The van der Waals surface area contributed by atoms with E-state index in [4.69, 9.17) is 9.47 Å². The van der Waals surface area contributed by atoms with Gasteiger partial charge >= 0.3 is 0 Å². The van der Waals surface area contributed by atoms with E-state index in [0.29, 0.717) is 38.3 Å². The van der Waals surface area contributed by atoms with Crippen LogP contribution in [0.1, 0.15) is 28.9 Å². The molecule has 2 aromatic carbocycles. The first-order valence-corrected chi connectivity index (χ1v) is 9.46. The van der Waals surface area contributed by atoms with Gasteiger partial charge in [-0.05, 0) is 48.9 Å². The topological polar surface area (TPSA) is 65.8 Å². The molecule has 0 spiro atoms. The zero-order valence-electron chi connectivity index (χ0n) is 16.3. The minimum atomic E-state index is -0.325. The summed E-state index contributed by atoms with van der Waals surface area (Å²) < 4.78 is 10.6. The van der Waals surface area contributed by atoms with Gasteiger partial charge in [-0.3, -0.25) is 9.69 Å². The summed E-state index contributed by atoms with van der Waals surface area (Å²) in [7, 11) is 1.60. The average molecular weight is 379 g/mol. The Bertz CT molecular complexity index is 820. The molecule has 1 saturated heterocycles. The number of carbonyl (C=O) groups is 1. The summed E-state index contributed by atoms with van der Waals surface area (Å²) in [5.74, 6) is 1.54. The van der Waals surface area contributed by atoms with Gasteiger partial charge < -0.3 is 14.4 Å². The summed E-state index contributed by atoms with van der Waals surface area (Å²) in [6.07, 6.45) is 0. The number of hydrogen-bond donors (Lipinski definition) is 0. The van der Waals surface area contributed by atoms with Crippen molar-refractivity contribution >= 4 is 5.91 Å². The van der Waals surface area contributed by atoms with Crippen LogP contribution in [0.3, 0.4) is 0 Å². The first-order chi connectivity index (χ1) is 13.7. The van der Waals surface area contributed by atoms with E-state index >= 15 is 0 Å². The molecule has 0 radical (unpaired) electrons. The van der Waals surface area contributed by atoms with E-state index in [1.807, 2.05) is 36.1 Å². The van der Waals surface area contributed by atoms with Crippen molar-refractivity contribution in [1.82, 2.24) is 9.80 Å². The Kier molecular flexibility index (Phi) is 6.51. The van der Waals surface area contributed by atoms with E-state index in [2.05, 4.69) is 11.0 Å². The monoisotopic (exact) mass is 379 g/mol. The maximum absolute atomic E-state index is 12.7. The van der Waals surface area contributed by atoms with Crippen LogP contribution in [0.2, 0.25) is 0 Å². The van der Waals surface area contributed by atoms with E-state index in [-0.39, 0.29) is 11.9 Å². The van der Waals surface area contributed by atoms with Crippen LogP contribution < -0.4 is 9.47 Å². The van der Waals surface area contributed by atoms with Crippen molar-refractivity contribution in [3.8, 4) is 17.6 Å². The van der Waals surface area contributed by atoms with Gasteiger partial charge in [-0.25, -0.2) is 0 Å². The van der Waals surface area contributed by atoms with E-state index < -0.39 is 0 Å². The Labute approximate surface area is 165 Å². The number of nitrogens with zero attached hydrogens (tertiary/aromatic N) is 3. The van der Waals surface area contributed by atoms with Gasteiger partial charge in [0.15, 0.2) is 0 Å². The quantitative estimate of drug-likeness (QED) is 0.772. The number of methoxy groups -OCH3 is 1. The van der Waals surface area contributed by atoms with Crippen LogP contribution in [-0.2, 0) is 0 Å². The van der Waals surface area contributed by atoms with Crippen molar-refractivity contribution in [1.29, 1.82) is 5.26 Å². The molecule has 1 aliphatic rings. The number of carbonyl (C=O) groups excluding carboxylic acids is 1. The van der Waals surface area contributed by atoms with Crippen molar-refractivity contribution in [3.05, 3.63) is 59.7 Å². The molecule has 0 saturated carbocycles. The summed E-state index contributed by atoms with van der Waals surface area (Å²) in [6, 6.07) is 16.9. The summed E-state index contributed by atoms with van der Waals surface area (Å²) in [5.41, 5.74) is 1.60. The molecule has 0 bridgehead atoms.